The van der Waals surface area contributed by atoms with Crippen molar-refractivity contribution in [2.45, 2.75) is 38.5 Å². The molecule has 1 aliphatic rings. The minimum atomic E-state index is -1.09. The van der Waals surface area contributed by atoms with Gasteiger partial charge in [0.2, 0.25) is 5.91 Å². The van der Waals surface area contributed by atoms with E-state index in [1.165, 1.54) is 75.0 Å². The molecule has 1 saturated heterocycles. The minimum Gasteiger partial charge on any atom is -0.496 e. The lowest BCUT2D eigenvalue weighted by Gasteiger charge is -2.27. The standard InChI is InChI=1S/C27H31FN6O6S/c1-16-22-23(36)33(27(2)13-21(35)31(3)15-27)26(37)32(25(22)41-24(16)34-29-8-9-30-34)14-20(40-11-10-38-4)18-12-17(28)6-7-19(18)39-5/h6-9,12,20H,10-11,13-15H2,1-5H3/t20-,27-/m0/s1. The lowest BCUT2D eigenvalue weighted by Crippen LogP contribution is -2.51. The molecule has 1 fully saturated rings. The zero-order valence-corrected chi connectivity index (χ0v) is 24.2. The molecule has 5 rings (SSSR count). The molecule has 12 nitrogen and oxygen atoms in total. The number of ether oxygens (including phenoxy) is 3. The third-order valence-electron chi connectivity index (χ3n) is 7.36. The SMILES string of the molecule is COCCO[C@@H](Cn1c(=O)n([C@@]2(C)CC(=O)N(C)C2)c(=O)c2c(C)c(-n3nccn3)sc21)c1cc(F)ccc1OC. The first-order valence-corrected chi connectivity index (χ1v) is 13.8. The van der Waals surface area contributed by atoms with Crippen molar-refractivity contribution in [2.75, 3.05) is 41.0 Å². The zero-order chi connectivity index (χ0) is 29.5. The average molecular weight is 587 g/mol. The number of hydrogen-bond donors (Lipinski definition) is 0. The summed E-state index contributed by atoms with van der Waals surface area (Å²) < 4.78 is 33.9. The lowest BCUT2D eigenvalue weighted by molar-refractivity contribution is -0.126. The van der Waals surface area contributed by atoms with Gasteiger partial charge in [-0.25, -0.2) is 9.18 Å². The van der Waals surface area contributed by atoms with E-state index in [-0.39, 0.29) is 38.6 Å². The molecule has 0 bridgehead atoms. The van der Waals surface area contributed by atoms with Crippen LogP contribution in [0.25, 0.3) is 15.2 Å². The molecule has 0 N–H and O–H groups in total. The van der Waals surface area contributed by atoms with Crippen LogP contribution in [-0.4, -0.2) is 76.0 Å². The van der Waals surface area contributed by atoms with Crippen molar-refractivity contribution in [1.82, 2.24) is 29.0 Å². The van der Waals surface area contributed by atoms with Crippen molar-refractivity contribution in [3.63, 3.8) is 0 Å². The Morgan fingerprint density at radius 3 is 2.51 bits per heavy atom. The van der Waals surface area contributed by atoms with Gasteiger partial charge in [0.25, 0.3) is 5.56 Å². The van der Waals surface area contributed by atoms with E-state index in [4.69, 9.17) is 14.2 Å². The van der Waals surface area contributed by atoms with E-state index >= 15 is 0 Å². The molecule has 3 aromatic heterocycles. The maximum Gasteiger partial charge on any atom is 0.332 e. The monoisotopic (exact) mass is 586 g/mol. The number of carbonyl (C=O) groups is 1. The van der Waals surface area contributed by atoms with E-state index in [9.17, 15) is 18.8 Å². The van der Waals surface area contributed by atoms with Gasteiger partial charge in [0.1, 0.15) is 27.5 Å². The van der Waals surface area contributed by atoms with Crippen LogP contribution in [0.15, 0.2) is 40.2 Å². The number of benzene rings is 1. The van der Waals surface area contributed by atoms with Gasteiger partial charge in [-0.2, -0.15) is 10.2 Å². The second kappa shape index (κ2) is 11.2. The smallest absolute Gasteiger partial charge is 0.332 e. The number of aryl methyl sites for hydroxylation is 1. The maximum atomic E-state index is 14.5. The van der Waals surface area contributed by atoms with Gasteiger partial charge in [0.15, 0.2) is 0 Å². The van der Waals surface area contributed by atoms with E-state index in [1.807, 2.05) is 0 Å². The van der Waals surface area contributed by atoms with Gasteiger partial charge in [-0.15, -0.1) is 4.80 Å². The number of carbonyl (C=O) groups excluding carboxylic acids is 1. The molecular weight excluding hydrogens is 555 g/mol. The molecule has 0 radical (unpaired) electrons. The number of likely N-dealkylation sites (tertiary alicyclic amines) is 1. The van der Waals surface area contributed by atoms with Gasteiger partial charge >= 0.3 is 5.69 Å². The second-order valence-electron chi connectivity index (χ2n) is 10.2. The highest BCUT2D eigenvalue weighted by Gasteiger charge is 2.42. The summed E-state index contributed by atoms with van der Waals surface area (Å²) in [5.74, 6) is -0.285. The van der Waals surface area contributed by atoms with Crippen LogP contribution in [0.5, 0.6) is 5.75 Å². The van der Waals surface area contributed by atoms with Crippen molar-refractivity contribution in [2.24, 2.45) is 0 Å². The van der Waals surface area contributed by atoms with Gasteiger partial charge in [-0.05, 0) is 32.0 Å². The largest absolute Gasteiger partial charge is 0.496 e. The van der Waals surface area contributed by atoms with E-state index in [0.717, 1.165) is 0 Å². The van der Waals surface area contributed by atoms with E-state index in [0.29, 0.717) is 32.1 Å². The summed E-state index contributed by atoms with van der Waals surface area (Å²) in [6.45, 7) is 4.03. The molecule has 1 aromatic carbocycles. The summed E-state index contributed by atoms with van der Waals surface area (Å²) in [5.41, 5.74) is -1.21. The Hall–Kier alpha value is -3.88. The van der Waals surface area contributed by atoms with Gasteiger partial charge < -0.3 is 19.1 Å². The van der Waals surface area contributed by atoms with Crippen molar-refractivity contribution >= 4 is 27.5 Å². The molecule has 14 heteroatoms. The number of aromatic nitrogens is 5. The number of hydrogen-bond acceptors (Lipinski definition) is 9. The van der Waals surface area contributed by atoms with Crippen molar-refractivity contribution in [3.8, 4) is 10.8 Å². The highest BCUT2D eigenvalue weighted by molar-refractivity contribution is 7.21. The van der Waals surface area contributed by atoms with Gasteiger partial charge in [-0.1, -0.05) is 11.3 Å². The molecule has 1 aliphatic heterocycles. The van der Waals surface area contributed by atoms with E-state index in [2.05, 4.69) is 10.2 Å². The molecule has 0 saturated carbocycles. The molecule has 0 aliphatic carbocycles. The van der Waals surface area contributed by atoms with Crippen molar-refractivity contribution in [3.05, 3.63) is 68.4 Å². The lowest BCUT2D eigenvalue weighted by atomic mass is 10.0. The van der Waals surface area contributed by atoms with Gasteiger partial charge in [-0.3, -0.25) is 18.7 Å². The number of likely N-dealkylation sites (N-methyl/N-ethyl adjacent to an activating group) is 1. The minimum absolute atomic E-state index is 0.00755. The number of amides is 1. The fraction of sp³-hybridized carbons (Fsp3) is 0.444. The van der Waals surface area contributed by atoms with Gasteiger partial charge in [0.05, 0.1) is 56.6 Å². The Labute approximate surface area is 238 Å². The van der Waals surface area contributed by atoms with Crippen LogP contribution in [-0.2, 0) is 26.4 Å². The summed E-state index contributed by atoms with van der Waals surface area (Å²) in [5, 5.41) is 9.32. The molecule has 1 amide bonds. The number of rotatable bonds is 10. The van der Waals surface area contributed by atoms with Crippen LogP contribution in [0.1, 0.15) is 30.6 Å². The number of nitrogens with zero attached hydrogens (tertiary/aromatic N) is 6. The normalized spacial score (nSPS) is 18.0. The van der Waals surface area contributed by atoms with Crippen molar-refractivity contribution < 1.29 is 23.4 Å². The van der Waals surface area contributed by atoms with Gasteiger partial charge in [0, 0.05) is 31.8 Å². The third-order valence-corrected chi connectivity index (χ3v) is 8.64. The Kier molecular flexibility index (Phi) is 7.81. The van der Waals surface area contributed by atoms with Crippen LogP contribution >= 0.6 is 11.3 Å². The fourth-order valence-electron chi connectivity index (χ4n) is 5.39. The van der Waals surface area contributed by atoms with E-state index in [1.54, 1.807) is 20.9 Å². The zero-order valence-electron chi connectivity index (χ0n) is 23.4. The first-order chi connectivity index (χ1) is 19.6. The number of fused-ring (bicyclic) bond motifs is 1. The fourth-order valence-corrected chi connectivity index (χ4v) is 6.61. The van der Waals surface area contributed by atoms with Crippen molar-refractivity contribution in [1.29, 1.82) is 0 Å². The molecule has 218 valence electrons. The molecule has 4 aromatic rings. The molecule has 41 heavy (non-hydrogen) atoms. The summed E-state index contributed by atoms with van der Waals surface area (Å²) in [6.07, 6.45) is 2.18. The third kappa shape index (κ3) is 5.06. The number of halogens is 1. The molecule has 4 heterocycles. The average Bonchev–Trinajstić information content (AvgIpc) is 3.64. The first-order valence-electron chi connectivity index (χ1n) is 12.9. The van der Waals surface area contributed by atoms with Crippen LogP contribution in [0.4, 0.5) is 4.39 Å². The molecule has 0 spiro atoms. The van der Waals surface area contributed by atoms with Crippen LogP contribution < -0.4 is 16.0 Å². The first kappa shape index (κ1) is 28.6. The van der Waals surface area contributed by atoms with Crippen LogP contribution in [0.3, 0.4) is 0 Å². The Morgan fingerprint density at radius 1 is 1.15 bits per heavy atom. The number of thiophene rings is 1. The molecule has 0 unspecified atom stereocenters. The van der Waals surface area contributed by atoms with E-state index < -0.39 is 28.7 Å². The summed E-state index contributed by atoms with van der Waals surface area (Å²) in [6, 6.07) is 4.08. The van der Waals surface area contributed by atoms with Crippen LogP contribution in [0, 0.1) is 12.7 Å². The summed E-state index contributed by atoms with van der Waals surface area (Å²) >= 11 is 1.19. The topological polar surface area (TPSA) is 123 Å². The molecular formula is C27H31FN6O6S. The number of methoxy groups -OCH3 is 2. The molecule has 2 atom stereocenters. The summed E-state index contributed by atoms with van der Waals surface area (Å²) in [4.78, 5) is 44.3. The Balaban J connectivity index is 1.77. The predicted octanol–water partition coefficient (Wildman–Crippen LogP) is 2.24. The summed E-state index contributed by atoms with van der Waals surface area (Å²) in [7, 11) is 4.64. The highest BCUT2D eigenvalue weighted by atomic mass is 32.1. The maximum absolute atomic E-state index is 14.5. The predicted molar refractivity (Wildman–Crippen MR) is 149 cm³/mol. The Bertz CT molecular complexity index is 1710. The Morgan fingerprint density at radius 2 is 1.88 bits per heavy atom. The second-order valence-corrected chi connectivity index (χ2v) is 11.2. The van der Waals surface area contributed by atoms with Crippen LogP contribution in [0.2, 0.25) is 0 Å². The highest BCUT2D eigenvalue weighted by Crippen LogP contribution is 2.35. The quantitative estimate of drug-likeness (QED) is 0.259.